The molecule has 0 unspecified atom stereocenters. The summed E-state index contributed by atoms with van der Waals surface area (Å²) < 4.78 is 5.33. The van der Waals surface area contributed by atoms with Crippen LogP contribution in [0.15, 0.2) is 23.3 Å². The van der Waals surface area contributed by atoms with Crippen LogP contribution >= 0.6 is 11.8 Å². The molecule has 1 aliphatic rings. The molecule has 2 rings (SSSR count). The Hall–Kier alpha value is -2.55. The minimum Gasteiger partial charge on any atom is -0.496 e. The predicted octanol–water partition coefficient (Wildman–Crippen LogP) is 2.26. The Bertz CT molecular complexity index is 781. The van der Waals surface area contributed by atoms with Crippen LogP contribution in [0.25, 0.3) is 0 Å². The number of ether oxygens (including phenoxy) is 1. The Morgan fingerprint density at radius 2 is 2.10 bits per heavy atom. The highest BCUT2D eigenvalue weighted by Crippen LogP contribution is 2.25. The van der Waals surface area contributed by atoms with E-state index in [2.05, 4.69) is 10.5 Å². The molecule has 0 spiro atoms. The van der Waals surface area contributed by atoms with E-state index in [4.69, 9.17) is 9.84 Å². The summed E-state index contributed by atoms with van der Waals surface area (Å²) in [5, 5.41) is 12.9. The maximum atomic E-state index is 12.2. The molecule has 158 valence electrons. The summed E-state index contributed by atoms with van der Waals surface area (Å²) in [7, 11) is 1.56. The predicted molar refractivity (Wildman–Crippen MR) is 112 cm³/mol. The highest BCUT2D eigenvalue weighted by molar-refractivity contribution is 7.99. The van der Waals surface area contributed by atoms with E-state index >= 15 is 0 Å². The second-order valence-corrected chi connectivity index (χ2v) is 7.76. The summed E-state index contributed by atoms with van der Waals surface area (Å²) in [6, 6.07) is 5.49. The lowest BCUT2D eigenvalue weighted by atomic mass is 10.1. The minimum absolute atomic E-state index is 0.00569. The molecule has 29 heavy (non-hydrogen) atoms. The van der Waals surface area contributed by atoms with E-state index in [1.807, 2.05) is 12.1 Å². The number of hydrogen-bond donors (Lipinski definition) is 2. The van der Waals surface area contributed by atoms with E-state index in [0.717, 1.165) is 30.4 Å². The number of benzene rings is 1. The fourth-order valence-electron chi connectivity index (χ4n) is 2.99. The molecule has 0 aliphatic carbocycles. The average molecular weight is 422 g/mol. The van der Waals surface area contributed by atoms with E-state index in [9.17, 15) is 14.4 Å². The van der Waals surface area contributed by atoms with E-state index in [1.165, 1.54) is 11.8 Å². The quantitative estimate of drug-likeness (QED) is 0.468. The van der Waals surface area contributed by atoms with E-state index in [1.54, 1.807) is 25.0 Å². The van der Waals surface area contributed by atoms with Gasteiger partial charge in [0.1, 0.15) is 12.3 Å². The number of carbonyl (C=O) groups is 3. The Balaban J connectivity index is 1.99. The van der Waals surface area contributed by atoms with Crippen LogP contribution < -0.4 is 10.2 Å². The molecule has 2 amide bonds. The molecule has 1 fully saturated rings. The molecule has 2 N–H and O–H groups in total. The van der Waals surface area contributed by atoms with Crippen LogP contribution in [0, 0.1) is 0 Å². The maximum Gasteiger partial charge on any atom is 0.313 e. The number of aliphatic carboxylic acids is 1. The first-order valence-electron chi connectivity index (χ1n) is 9.48. The minimum atomic E-state index is -0.867. The highest BCUT2D eigenvalue weighted by Gasteiger charge is 2.19. The summed E-state index contributed by atoms with van der Waals surface area (Å²) in [6.45, 7) is 2.38. The monoisotopic (exact) mass is 421 g/mol. The normalized spacial score (nSPS) is 15.0. The van der Waals surface area contributed by atoms with Crippen molar-refractivity contribution in [3.8, 4) is 5.75 Å². The number of carboxylic acids is 1. The van der Waals surface area contributed by atoms with Crippen LogP contribution in [-0.2, 0) is 20.1 Å². The lowest BCUT2D eigenvalue weighted by Crippen LogP contribution is -2.39. The Morgan fingerprint density at radius 3 is 2.83 bits per heavy atom. The zero-order chi connectivity index (χ0) is 21.2. The van der Waals surface area contributed by atoms with Crippen LogP contribution in [0.5, 0.6) is 5.75 Å². The highest BCUT2D eigenvalue weighted by atomic mass is 32.2. The summed E-state index contributed by atoms with van der Waals surface area (Å²) in [5.41, 5.74) is 4.77. The van der Waals surface area contributed by atoms with Crippen LogP contribution in [0.4, 0.5) is 0 Å². The van der Waals surface area contributed by atoms with Crippen molar-refractivity contribution < 1.29 is 24.2 Å². The number of methoxy groups -OCH3 is 1. The third-order valence-electron chi connectivity index (χ3n) is 4.54. The molecule has 1 heterocycles. The number of likely N-dealkylation sites (tertiary alicyclic amines) is 1. The summed E-state index contributed by atoms with van der Waals surface area (Å²) in [6.07, 6.45) is 3.28. The van der Waals surface area contributed by atoms with Crippen LogP contribution in [0.3, 0.4) is 0 Å². The molecule has 9 heteroatoms. The van der Waals surface area contributed by atoms with Crippen molar-refractivity contribution in [2.45, 2.75) is 38.4 Å². The number of rotatable bonds is 9. The number of carbonyl (C=O) groups excluding carboxylic acids is 2. The molecule has 1 saturated heterocycles. The van der Waals surface area contributed by atoms with Crippen molar-refractivity contribution >= 4 is 35.3 Å². The lowest BCUT2D eigenvalue weighted by molar-refractivity contribution is -0.135. The number of hydrogen-bond acceptors (Lipinski definition) is 6. The first-order valence-corrected chi connectivity index (χ1v) is 10.6. The standard InChI is InChI=1S/C20H27N3O5S/c1-14(21-22-18(24)11-23-9-5-3-4-6-19(23)25)15-7-8-17(28-2)16(10-15)12-29-13-20(26)27/h7-8,10H,3-6,9,11-13H2,1-2H3,(H,22,24)(H,26,27)/b21-14-. The third kappa shape index (κ3) is 7.41. The van der Waals surface area contributed by atoms with Gasteiger partial charge in [0, 0.05) is 24.3 Å². The molecule has 0 aromatic heterocycles. The summed E-state index contributed by atoms with van der Waals surface area (Å²) in [4.78, 5) is 36.5. The van der Waals surface area contributed by atoms with Gasteiger partial charge in [0.15, 0.2) is 0 Å². The van der Waals surface area contributed by atoms with E-state index in [0.29, 0.717) is 30.2 Å². The molecule has 1 aliphatic heterocycles. The molecular weight excluding hydrogens is 394 g/mol. The van der Waals surface area contributed by atoms with Gasteiger partial charge in [-0.15, -0.1) is 11.8 Å². The van der Waals surface area contributed by atoms with Gasteiger partial charge in [0.05, 0.1) is 18.6 Å². The van der Waals surface area contributed by atoms with Gasteiger partial charge in [-0.1, -0.05) is 6.42 Å². The molecule has 0 atom stereocenters. The van der Waals surface area contributed by atoms with Gasteiger partial charge in [-0.2, -0.15) is 5.10 Å². The van der Waals surface area contributed by atoms with Gasteiger partial charge >= 0.3 is 5.97 Å². The van der Waals surface area contributed by atoms with Gasteiger partial charge in [0.25, 0.3) is 5.91 Å². The average Bonchev–Trinajstić information content (AvgIpc) is 2.90. The Labute approximate surface area is 174 Å². The molecule has 1 aromatic carbocycles. The first-order chi connectivity index (χ1) is 13.9. The van der Waals surface area contributed by atoms with Crippen molar-refractivity contribution in [1.29, 1.82) is 0 Å². The van der Waals surface area contributed by atoms with Crippen molar-refractivity contribution in [2.75, 3.05) is 26.0 Å². The number of amides is 2. The van der Waals surface area contributed by atoms with Gasteiger partial charge in [-0.25, -0.2) is 5.43 Å². The fourth-order valence-corrected chi connectivity index (χ4v) is 3.71. The molecule has 0 radical (unpaired) electrons. The van der Waals surface area contributed by atoms with Gasteiger partial charge in [-0.3, -0.25) is 14.4 Å². The molecule has 0 bridgehead atoms. The zero-order valence-electron chi connectivity index (χ0n) is 16.8. The van der Waals surface area contributed by atoms with Gasteiger partial charge in [0.2, 0.25) is 5.91 Å². The Kier molecular flexibility index (Phi) is 8.98. The second-order valence-electron chi connectivity index (χ2n) is 6.77. The van der Waals surface area contributed by atoms with Crippen molar-refractivity contribution in [3.05, 3.63) is 29.3 Å². The van der Waals surface area contributed by atoms with Gasteiger partial charge < -0.3 is 14.7 Å². The zero-order valence-corrected chi connectivity index (χ0v) is 17.6. The second kappa shape index (κ2) is 11.5. The van der Waals surface area contributed by atoms with E-state index in [-0.39, 0.29) is 24.1 Å². The first kappa shape index (κ1) is 22.7. The molecule has 1 aromatic rings. The molecular formula is C20H27N3O5S. The van der Waals surface area contributed by atoms with Crippen LogP contribution in [-0.4, -0.2) is 59.5 Å². The van der Waals surface area contributed by atoms with Crippen molar-refractivity contribution in [3.63, 3.8) is 0 Å². The largest absolute Gasteiger partial charge is 0.496 e. The third-order valence-corrected chi connectivity index (χ3v) is 5.50. The number of carboxylic acid groups (broad SMARTS) is 1. The van der Waals surface area contributed by atoms with E-state index < -0.39 is 5.97 Å². The maximum absolute atomic E-state index is 12.2. The summed E-state index contributed by atoms with van der Waals surface area (Å²) >= 11 is 1.28. The topological polar surface area (TPSA) is 108 Å². The fraction of sp³-hybridized carbons (Fsp3) is 0.500. The van der Waals surface area contributed by atoms with Crippen LogP contribution in [0.1, 0.15) is 43.7 Å². The number of hydrazone groups is 1. The molecule has 0 saturated carbocycles. The smallest absolute Gasteiger partial charge is 0.313 e. The van der Waals surface area contributed by atoms with Gasteiger partial charge in [-0.05, 0) is 43.5 Å². The van der Waals surface area contributed by atoms with Crippen molar-refractivity contribution in [2.24, 2.45) is 5.10 Å². The van der Waals surface area contributed by atoms with Crippen LogP contribution in [0.2, 0.25) is 0 Å². The molecule has 8 nitrogen and oxygen atoms in total. The number of nitrogens with one attached hydrogen (secondary N) is 1. The SMILES string of the molecule is COc1ccc(/C(C)=N\NC(=O)CN2CCCCCC2=O)cc1CSCC(=O)O. The van der Waals surface area contributed by atoms with Crippen molar-refractivity contribution in [1.82, 2.24) is 10.3 Å². The lowest BCUT2D eigenvalue weighted by Gasteiger charge is -2.19. The summed E-state index contributed by atoms with van der Waals surface area (Å²) in [5.74, 6) is -0.0230. The number of thioether (sulfide) groups is 1. The Morgan fingerprint density at radius 1 is 1.31 bits per heavy atom. The number of nitrogens with zero attached hydrogens (tertiary/aromatic N) is 2.